The van der Waals surface area contributed by atoms with Crippen molar-refractivity contribution in [3.63, 3.8) is 0 Å². The molecule has 1 aliphatic carbocycles. The number of hydrogen-bond donors (Lipinski definition) is 1. The van der Waals surface area contributed by atoms with E-state index in [-0.39, 0.29) is 20.3 Å². The molecule has 0 atom stereocenters. The Kier molecular flexibility index (Phi) is 4.68. The molecule has 1 aromatic heterocycles. The molecular formula is C17H15ClN2OSe. The number of halogens is 1. The van der Waals surface area contributed by atoms with Gasteiger partial charge in [-0.05, 0) is 0 Å². The summed E-state index contributed by atoms with van der Waals surface area (Å²) >= 11 is 6.08. The Morgan fingerprint density at radius 3 is 2.91 bits per heavy atom. The second kappa shape index (κ2) is 6.71. The van der Waals surface area contributed by atoms with Gasteiger partial charge in [0.05, 0.1) is 0 Å². The van der Waals surface area contributed by atoms with Crippen LogP contribution in [0.3, 0.4) is 0 Å². The van der Waals surface area contributed by atoms with E-state index in [4.69, 9.17) is 11.6 Å². The van der Waals surface area contributed by atoms with Crippen molar-refractivity contribution in [3.8, 4) is 11.8 Å². The second-order valence-electron chi connectivity index (χ2n) is 5.32. The molecule has 0 saturated carbocycles. The fourth-order valence-corrected chi connectivity index (χ4v) is 5.35. The third kappa shape index (κ3) is 3.13. The topological polar surface area (TPSA) is 56.4 Å². The minimum atomic E-state index is 0.134. The predicted octanol–water partition coefficient (Wildman–Crippen LogP) is 3.99. The first-order valence-electron chi connectivity index (χ1n) is 7.26. The first kappa shape index (κ1) is 15.4. The molecule has 0 bridgehead atoms. The molecule has 5 heteroatoms. The van der Waals surface area contributed by atoms with Crippen molar-refractivity contribution in [3.05, 3.63) is 44.3 Å². The van der Waals surface area contributed by atoms with Crippen molar-refractivity contribution >= 4 is 36.9 Å². The number of hydrogen-bond acceptors (Lipinski definition) is 3. The minimum absolute atomic E-state index is 0.134. The summed E-state index contributed by atoms with van der Waals surface area (Å²) in [6, 6.07) is 7.20. The average Bonchev–Trinajstić information content (AvgIpc) is 2.68. The van der Waals surface area contributed by atoms with Gasteiger partial charge in [-0.3, -0.25) is 0 Å². The number of nitriles is 1. The molecule has 3 nitrogen and oxygen atoms in total. The van der Waals surface area contributed by atoms with Crippen molar-refractivity contribution < 1.29 is 5.11 Å². The molecule has 1 heterocycles. The van der Waals surface area contributed by atoms with Crippen LogP contribution in [0.1, 0.15) is 40.4 Å². The van der Waals surface area contributed by atoms with Crippen molar-refractivity contribution in [2.45, 2.75) is 32.1 Å². The number of rotatable bonds is 2. The zero-order chi connectivity index (χ0) is 15.5. The second-order valence-corrected chi connectivity index (χ2v) is 8.03. The van der Waals surface area contributed by atoms with Gasteiger partial charge < -0.3 is 0 Å². The average molecular weight is 378 g/mol. The van der Waals surface area contributed by atoms with Gasteiger partial charge in [-0.15, -0.1) is 0 Å². The van der Waals surface area contributed by atoms with E-state index >= 15 is 0 Å². The third-order valence-electron chi connectivity index (χ3n) is 3.82. The van der Waals surface area contributed by atoms with Gasteiger partial charge >= 0.3 is 141 Å². The van der Waals surface area contributed by atoms with Crippen LogP contribution in [0.2, 0.25) is 5.02 Å². The number of aromatic hydroxyl groups is 1. The Hall–Kier alpha value is -1.53. The maximum absolute atomic E-state index is 9.84. The molecule has 112 valence electrons. The monoisotopic (exact) mass is 378 g/mol. The Morgan fingerprint density at radius 1 is 1.27 bits per heavy atom. The van der Waals surface area contributed by atoms with E-state index in [1.807, 2.05) is 0 Å². The number of aliphatic imine (C=N–C) groups is 1. The first-order valence-corrected chi connectivity index (χ1v) is 9.35. The molecule has 0 aliphatic heterocycles. The zero-order valence-corrected chi connectivity index (χ0v) is 14.4. The Bertz CT molecular complexity index is 774. The van der Waals surface area contributed by atoms with Crippen LogP contribution >= 0.6 is 11.6 Å². The fourth-order valence-electron chi connectivity index (χ4n) is 2.69. The van der Waals surface area contributed by atoms with Crippen LogP contribution < -0.4 is 0 Å². The number of aryl methyl sites for hydroxylation is 1. The van der Waals surface area contributed by atoms with Crippen molar-refractivity contribution in [1.29, 1.82) is 5.26 Å². The first-order chi connectivity index (χ1) is 10.7. The van der Waals surface area contributed by atoms with Crippen LogP contribution in [-0.2, 0) is 12.8 Å². The Labute approximate surface area is 140 Å². The molecule has 0 spiro atoms. The van der Waals surface area contributed by atoms with Gasteiger partial charge in [-0.25, -0.2) is 0 Å². The summed E-state index contributed by atoms with van der Waals surface area (Å²) in [7, 11) is 0. The van der Waals surface area contributed by atoms with E-state index in [2.05, 4.69) is 11.1 Å². The van der Waals surface area contributed by atoms with Crippen LogP contribution in [0.25, 0.3) is 0 Å². The summed E-state index contributed by atoms with van der Waals surface area (Å²) in [6.07, 6.45) is 7.33. The molecule has 22 heavy (non-hydrogen) atoms. The molecule has 0 saturated heterocycles. The summed E-state index contributed by atoms with van der Waals surface area (Å²) in [4.78, 5) is 4.50. The number of phenolic OH excluding ortho intramolecular Hbond substituents is 1. The third-order valence-corrected chi connectivity index (χ3v) is 6.58. The van der Waals surface area contributed by atoms with E-state index in [0.29, 0.717) is 10.6 Å². The van der Waals surface area contributed by atoms with Crippen LogP contribution in [0.15, 0.2) is 23.2 Å². The summed E-state index contributed by atoms with van der Waals surface area (Å²) in [5.41, 5.74) is 2.58. The molecule has 1 N–H and O–H groups in total. The van der Waals surface area contributed by atoms with E-state index < -0.39 is 0 Å². The summed E-state index contributed by atoms with van der Waals surface area (Å²) in [5.74, 6) is 0.146. The predicted molar refractivity (Wildman–Crippen MR) is 89.7 cm³/mol. The van der Waals surface area contributed by atoms with Crippen molar-refractivity contribution in [2.75, 3.05) is 0 Å². The summed E-state index contributed by atoms with van der Waals surface area (Å²) in [5, 5.41) is 19.9. The molecule has 0 unspecified atom stereocenters. The van der Waals surface area contributed by atoms with Gasteiger partial charge in [0.15, 0.2) is 0 Å². The van der Waals surface area contributed by atoms with Gasteiger partial charge in [-0.1, -0.05) is 0 Å². The van der Waals surface area contributed by atoms with E-state index in [1.54, 1.807) is 24.4 Å². The van der Waals surface area contributed by atoms with Crippen LogP contribution in [-0.4, -0.2) is 25.8 Å². The van der Waals surface area contributed by atoms with Crippen LogP contribution in [0.5, 0.6) is 5.75 Å². The van der Waals surface area contributed by atoms with E-state index in [1.165, 1.54) is 22.8 Å². The Morgan fingerprint density at radius 2 is 2.09 bits per heavy atom. The van der Waals surface area contributed by atoms with E-state index in [9.17, 15) is 10.4 Å². The van der Waals surface area contributed by atoms with Crippen molar-refractivity contribution in [1.82, 2.24) is 0 Å². The molecule has 0 amide bonds. The number of nitrogens with zero attached hydrogens (tertiary/aromatic N) is 2. The van der Waals surface area contributed by atoms with Gasteiger partial charge in [0.2, 0.25) is 0 Å². The summed E-state index contributed by atoms with van der Waals surface area (Å²) in [6.45, 7) is 0. The van der Waals surface area contributed by atoms with Gasteiger partial charge in [0.25, 0.3) is 0 Å². The van der Waals surface area contributed by atoms with Gasteiger partial charge in [-0.2, -0.15) is 0 Å². The SMILES string of the molecule is N#Cc1c(/N=C/c2cc(Cl)ccc2O)[se]c2c1CCCCC2. The molecule has 3 rings (SSSR count). The quantitative estimate of drug-likeness (QED) is 0.488. The normalized spacial score (nSPS) is 14.5. The summed E-state index contributed by atoms with van der Waals surface area (Å²) < 4.78 is 2.31. The fraction of sp³-hybridized carbons (Fsp3) is 0.294. The Balaban J connectivity index is 1.97. The molecule has 1 aromatic carbocycles. The maximum atomic E-state index is 9.84. The van der Waals surface area contributed by atoms with Crippen LogP contribution in [0, 0.1) is 11.3 Å². The van der Waals surface area contributed by atoms with Gasteiger partial charge in [0.1, 0.15) is 0 Å². The molecular weight excluding hydrogens is 363 g/mol. The molecule has 0 fully saturated rings. The standard InChI is InChI=1S/C17H15ClN2OSe/c18-12-6-7-15(21)11(8-12)10-20-17-14(9-19)13-4-2-1-3-5-16(13)22-17/h6-8,10,21H,1-5H2/b20-10+. The number of phenols is 1. The van der Waals surface area contributed by atoms with Crippen molar-refractivity contribution in [2.24, 2.45) is 4.99 Å². The van der Waals surface area contributed by atoms with Crippen LogP contribution in [0.4, 0.5) is 4.56 Å². The molecule has 2 aromatic rings. The number of fused-ring (bicyclic) bond motifs is 1. The number of benzene rings is 1. The zero-order valence-electron chi connectivity index (χ0n) is 12.0. The van der Waals surface area contributed by atoms with Gasteiger partial charge in [0, 0.05) is 0 Å². The molecule has 1 aliphatic rings. The molecule has 0 radical (unpaired) electrons. The van der Waals surface area contributed by atoms with E-state index in [0.717, 1.165) is 29.4 Å².